The molecule has 0 radical (unpaired) electrons. The van der Waals surface area contributed by atoms with Crippen LogP contribution in [-0.2, 0) is 11.4 Å². The number of imidazole rings is 1. The summed E-state index contributed by atoms with van der Waals surface area (Å²) < 4.78 is 0. The number of hydrogen-bond acceptors (Lipinski definition) is 4. The molecule has 6 heteroatoms. The molecule has 25 heavy (non-hydrogen) atoms. The van der Waals surface area contributed by atoms with Crippen molar-refractivity contribution in [2.45, 2.75) is 25.5 Å². The molecule has 1 amide bonds. The first kappa shape index (κ1) is 16.1. The summed E-state index contributed by atoms with van der Waals surface area (Å²) in [7, 11) is 0. The van der Waals surface area contributed by atoms with Gasteiger partial charge in [-0.25, -0.2) is 4.98 Å². The fraction of sp³-hybridized carbons (Fsp3) is 0.263. The van der Waals surface area contributed by atoms with Gasteiger partial charge in [-0.2, -0.15) is 0 Å². The van der Waals surface area contributed by atoms with E-state index in [-0.39, 0.29) is 18.6 Å². The molecule has 0 saturated carbocycles. The normalized spacial score (nSPS) is 17.8. The molecule has 1 atom stereocenters. The summed E-state index contributed by atoms with van der Waals surface area (Å²) in [5.74, 6) is 0.862. The molecule has 5 nitrogen and oxygen atoms in total. The Bertz CT molecular complexity index is 895. The molecule has 3 aromatic rings. The lowest BCUT2D eigenvalue weighted by Crippen LogP contribution is -2.29. The molecule has 1 aromatic carbocycles. The Hall–Kier alpha value is -2.44. The molecule has 1 aliphatic rings. The van der Waals surface area contributed by atoms with E-state index in [0.29, 0.717) is 0 Å². The maximum atomic E-state index is 12.6. The first-order valence-corrected chi connectivity index (χ1v) is 9.24. The van der Waals surface area contributed by atoms with Gasteiger partial charge in [0.25, 0.3) is 0 Å². The van der Waals surface area contributed by atoms with Crippen molar-refractivity contribution < 1.29 is 9.90 Å². The number of hydrogen-bond donors (Lipinski definition) is 2. The van der Waals surface area contributed by atoms with Gasteiger partial charge in [-0.1, -0.05) is 12.1 Å². The van der Waals surface area contributed by atoms with E-state index in [1.54, 1.807) is 6.08 Å². The van der Waals surface area contributed by atoms with Gasteiger partial charge < -0.3 is 15.0 Å². The zero-order valence-electron chi connectivity index (χ0n) is 13.7. The van der Waals surface area contributed by atoms with Crippen LogP contribution >= 0.6 is 11.3 Å². The third kappa shape index (κ3) is 3.23. The Labute approximate surface area is 149 Å². The molecule has 0 bridgehead atoms. The molecule has 1 unspecified atom stereocenters. The lowest BCUT2D eigenvalue weighted by Gasteiger charge is -2.21. The highest BCUT2D eigenvalue weighted by Crippen LogP contribution is 2.31. The number of H-pyrrole nitrogens is 1. The van der Waals surface area contributed by atoms with Crippen LogP contribution < -0.4 is 0 Å². The van der Waals surface area contributed by atoms with Gasteiger partial charge in [0.15, 0.2) is 0 Å². The topological polar surface area (TPSA) is 69.2 Å². The fourth-order valence-electron chi connectivity index (χ4n) is 3.26. The van der Waals surface area contributed by atoms with Crippen molar-refractivity contribution in [3.63, 3.8) is 0 Å². The summed E-state index contributed by atoms with van der Waals surface area (Å²) >= 11 is 1.52. The predicted octanol–water partition coefficient (Wildman–Crippen LogP) is 3.49. The summed E-state index contributed by atoms with van der Waals surface area (Å²) in [5, 5.41) is 11.0. The molecule has 2 N–H and O–H groups in total. The molecule has 1 saturated heterocycles. The number of amides is 1. The number of aromatic amines is 1. The number of nitrogens with zero attached hydrogens (tertiary/aromatic N) is 2. The van der Waals surface area contributed by atoms with Gasteiger partial charge in [-0.05, 0) is 48.1 Å². The number of carbonyl (C=O) groups excluding carboxylic acids is 1. The Morgan fingerprint density at radius 2 is 2.32 bits per heavy atom. The Balaban J connectivity index is 1.53. The first-order chi connectivity index (χ1) is 12.2. The van der Waals surface area contributed by atoms with E-state index in [4.69, 9.17) is 5.11 Å². The fourth-order valence-corrected chi connectivity index (χ4v) is 4.06. The Morgan fingerprint density at radius 3 is 3.12 bits per heavy atom. The van der Waals surface area contributed by atoms with Crippen molar-refractivity contribution in [3.8, 4) is 0 Å². The number of thiophene rings is 1. The van der Waals surface area contributed by atoms with Crippen LogP contribution in [0.2, 0.25) is 0 Å². The van der Waals surface area contributed by atoms with Crippen LogP contribution in [0.3, 0.4) is 0 Å². The van der Waals surface area contributed by atoms with Gasteiger partial charge in [0.05, 0.1) is 23.7 Å². The minimum Gasteiger partial charge on any atom is -0.392 e. The van der Waals surface area contributed by atoms with E-state index in [1.165, 1.54) is 11.3 Å². The minimum absolute atomic E-state index is 0.000823. The molecular formula is C19H19N3O2S. The number of nitrogens with one attached hydrogen (secondary N) is 1. The highest BCUT2D eigenvalue weighted by Gasteiger charge is 2.31. The summed E-state index contributed by atoms with van der Waals surface area (Å²) in [5.41, 5.74) is 2.81. The van der Waals surface area contributed by atoms with Crippen molar-refractivity contribution in [1.82, 2.24) is 14.9 Å². The van der Waals surface area contributed by atoms with Crippen LogP contribution in [0.4, 0.5) is 0 Å². The second-order valence-electron chi connectivity index (χ2n) is 6.18. The number of aromatic nitrogens is 2. The Kier molecular flexibility index (Phi) is 4.38. The summed E-state index contributed by atoms with van der Waals surface area (Å²) in [6, 6.07) is 9.82. The van der Waals surface area contributed by atoms with Crippen molar-refractivity contribution in [1.29, 1.82) is 0 Å². The van der Waals surface area contributed by atoms with E-state index < -0.39 is 0 Å². The molecule has 0 spiro atoms. The lowest BCUT2D eigenvalue weighted by molar-refractivity contribution is -0.126. The molecule has 128 valence electrons. The lowest BCUT2D eigenvalue weighted by atomic mass is 10.2. The predicted molar refractivity (Wildman–Crippen MR) is 99.1 cm³/mol. The number of aliphatic hydroxyl groups excluding tert-OH is 1. The average Bonchev–Trinajstić information content (AvgIpc) is 3.37. The third-order valence-corrected chi connectivity index (χ3v) is 5.45. The van der Waals surface area contributed by atoms with Gasteiger partial charge in [0.1, 0.15) is 5.82 Å². The van der Waals surface area contributed by atoms with Gasteiger partial charge >= 0.3 is 0 Å². The summed E-state index contributed by atoms with van der Waals surface area (Å²) in [4.78, 5) is 23.5. The second kappa shape index (κ2) is 6.82. The van der Waals surface area contributed by atoms with Crippen LogP contribution in [0.1, 0.15) is 35.1 Å². The molecule has 1 aliphatic heterocycles. The maximum Gasteiger partial charge on any atom is 0.247 e. The van der Waals surface area contributed by atoms with Crippen molar-refractivity contribution >= 4 is 34.4 Å². The number of benzene rings is 1. The number of likely N-dealkylation sites (tertiary alicyclic amines) is 1. The standard InChI is InChI=1S/C19H19N3O2S/c23-11-13-10-14(25-12-13)7-8-18(24)22-9-3-6-17(22)19-20-15-4-1-2-5-16(15)21-19/h1-2,4-5,7-8,10,12,17,23H,3,6,9,11H2,(H,20,21)/b8-7+. The van der Waals surface area contributed by atoms with Gasteiger partial charge in [-0.15, -0.1) is 11.3 Å². The van der Waals surface area contributed by atoms with Crippen molar-refractivity contribution in [2.75, 3.05) is 6.54 Å². The third-order valence-electron chi connectivity index (χ3n) is 4.51. The summed E-state index contributed by atoms with van der Waals surface area (Å²) in [6.07, 6.45) is 5.34. The van der Waals surface area contributed by atoms with E-state index in [9.17, 15) is 4.79 Å². The van der Waals surface area contributed by atoms with E-state index >= 15 is 0 Å². The number of carbonyl (C=O) groups is 1. The number of aliphatic hydroxyl groups is 1. The van der Waals surface area contributed by atoms with Crippen molar-refractivity contribution in [2.24, 2.45) is 0 Å². The largest absolute Gasteiger partial charge is 0.392 e. The highest BCUT2D eigenvalue weighted by atomic mass is 32.1. The molecular weight excluding hydrogens is 334 g/mol. The molecule has 4 rings (SSSR count). The van der Waals surface area contributed by atoms with Crippen LogP contribution in [-0.4, -0.2) is 32.4 Å². The smallest absolute Gasteiger partial charge is 0.247 e. The molecule has 3 heterocycles. The molecule has 0 aliphatic carbocycles. The van der Waals surface area contributed by atoms with Crippen LogP contribution in [0.5, 0.6) is 0 Å². The minimum atomic E-state index is 0.000823. The van der Waals surface area contributed by atoms with Crippen LogP contribution in [0, 0.1) is 0 Å². The summed E-state index contributed by atoms with van der Waals surface area (Å²) in [6.45, 7) is 0.774. The Morgan fingerprint density at radius 1 is 1.44 bits per heavy atom. The monoisotopic (exact) mass is 353 g/mol. The molecule has 2 aromatic heterocycles. The van der Waals surface area contributed by atoms with E-state index in [2.05, 4.69) is 9.97 Å². The van der Waals surface area contributed by atoms with Crippen LogP contribution in [0.25, 0.3) is 17.1 Å². The SMILES string of the molecule is O=C(/C=C/c1cc(CO)cs1)N1CCCC1c1nc2ccccc2[nH]1. The zero-order valence-corrected chi connectivity index (χ0v) is 14.5. The van der Waals surface area contributed by atoms with E-state index in [0.717, 1.165) is 46.7 Å². The molecule has 1 fully saturated rings. The van der Waals surface area contributed by atoms with Crippen molar-refractivity contribution in [3.05, 3.63) is 58.1 Å². The first-order valence-electron chi connectivity index (χ1n) is 8.36. The highest BCUT2D eigenvalue weighted by molar-refractivity contribution is 7.11. The van der Waals surface area contributed by atoms with Crippen LogP contribution in [0.15, 0.2) is 41.8 Å². The number of fused-ring (bicyclic) bond motifs is 1. The van der Waals surface area contributed by atoms with Gasteiger partial charge in [0.2, 0.25) is 5.91 Å². The second-order valence-corrected chi connectivity index (χ2v) is 7.12. The van der Waals surface area contributed by atoms with Gasteiger partial charge in [0, 0.05) is 17.5 Å². The zero-order chi connectivity index (χ0) is 17.2. The maximum absolute atomic E-state index is 12.6. The average molecular weight is 353 g/mol. The van der Waals surface area contributed by atoms with Gasteiger partial charge in [-0.3, -0.25) is 4.79 Å². The number of para-hydroxylation sites is 2. The quantitative estimate of drug-likeness (QED) is 0.706. The van der Waals surface area contributed by atoms with E-state index in [1.807, 2.05) is 46.7 Å². The number of rotatable bonds is 4.